The molecule has 23 heavy (non-hydrogen) atoms. The molecule has 1 aliphatic heterocycles. The van der Waals surface area contributed by atoms with Crippen LogP contribution in [0.5, 0.6) is 0 Å². The fourth-order valence-electron chi connectivity index (χ4n) is 3.05. The maximum absolute atomic E-state index is 11.6. The maximum atomic E-state index is 11.6. The predicted octanol–water partition coefficient (Wildman–Crippen LogP) is 1.54. The first kappa shape index (κ1) is 16.1. The molecule has 0 aliphatic carbocycles. The molecule has 1 atom stereocenters. The molecule has 1 saturated heterocycles. The summed E-state index contributed by atoms with van der Waals surface area (Å²) in [4.78, 5) is 4.78. The molecule has 1 unspecified atom stereocenters. The zero-order valence-corrected chi connectivity index (χ0v) is 14.3. The molecule has 2 heterocycles. The molecule has 1 aromatic heterocycles. The van der Waals surface area contributed by atoms with E-state index >= 15 is 0 Å². The summed E-state index contributed by atoms with van der Waals surface area (Å²) in [6.45, 7) is 0.627. The summed E-state index contributed by atoms with van der Waals surface area (Å²) >= 11 is 5.11. The van der Waals surface area contributed by atoms with Crippen LogP contribution < -0.4 is 5.73 Å². The van der Waals surface area contributed by atoms with E-state index in [0.29, 0.717) is 23.7 Å². The molecule has 0 amide bonds. The summed E-state index contributed by atoms with van der Waals surface area (Å²) in [5.41, 5.74) is 7.69. The van der Waals surface area contributed by atoms with Crippen molar-refractivity contribution in [3.63, 3.8) is 0 Å². The van der Waals surface area contributed by atoms with Gasteiger partial charge in [0.05, 0.1) is 11.5 Å². The van der Waals surface area contributed by atoms with Gasteiger partial charge in [-0.1, -0.05) is 36.5 Å². The number of hydrogen-bond acceptors (Lipinski definition) is 4. The average Bonchev–Trinajstić information content (AvgIpc) is 3.06. The van der Waals surface area contributed by atoms with Crippen LogP contribution in [-0.2, 0) is 22.8 Å². The molecule has 0 bridgehead atoms. The monoisotopic (exact) mass is 349 g/mol. The van der Waals surface area contributed by atoms with Crippen molar-refractivity contribution in [2.45, 2.75) is 19.4 Å². The second-order valence-corrected chi connectivity index (χ2v) is 8.63. The number of nitrogens with zero attached hydrogens (tertiary/aromatic N) is 2. The zero-order valence-electron chi connectivity index (χ0n) is 12.7. The van der Waals surface area contributed by atoms with Crippen LogP contribution in [0, 0.1) is 5.92 Å². The van der Waals surface area contributed by atoms with E-state index in [1.165, 1.54) is 0 Å². The smallest absolute Gasteiger partial charge is 0.150 e. The van der Waals surface area contributed by atoms with E-state index < -0.39 is 9.84 Å². The molecule has 122 valence electrons. The van der Waals surface area contributed by atoms with Crippen LogP contribution >= 0.6 is 12.2 Å². The molecular weight excluding hydrogens is 330 g/mol. The van der Waals surface area contributed by atoms with Gasteiger partial charge in [0.15, 0.2) is 9.84 Å². The van der Waals surface area contributed by atoms with Crippen LogP contribution in [0.25, 0.3) is 0 Å². The molecule has 7 heteroatoms. The van der Waals surface area contributed by atoms with Crippen molar-refractivity contribution < 1.29 is 8.42 Å². The van der Waals surface area contributed by atoms with Crippen molar-refractivity contribution in [2.75, 3.05) is 11.5 Å². The highest BCUT2D eigenvalue weighted by atomic mass is 32.2. The van der Waals surface area contributed by atoms with Crippen LogP contribution in [-0.4, -0.2) is 34.5 Å². The van der Waals surface area contributed by atoms with E-state index in [0.717, 1.165) is 23.4 Å². The molecule has 0 spiro atoms. The van der Waals surface area contributed by atoms with E-state index in [-0.39, 0.29) is 11.7 Å². The van der Waals surface area contributed by atoms with Crippen molar-refractivity contribution in [3.05, 3.63) is 53.6 Å². The van der Waals surface area contributed by atoms with Crippen molar-refractivity contribution >= 4 is 27.0 Å². The van der Waals surface area contributed by atoms with Gasteiger partial charge in [-0.05, 0) is 17.9 Å². The summed E-state index contributed by atoms with van der Waals surface area (Å²) in [5, 5.41) is 0. The van der Waals surface area contributed by atoms with Gasteiger partial charge in [-0.15, -0.1) is 0 Å². The summed E-state index contributed by atoms with van der Waals surface area (Å²) in [6.07, 6.45) is 5.07. The molecule has 0 radical (unpaired) electrons. The van der Waals surface area contributed by atoms with Gasteiger partial charge in [0.1, 0.15) is 10.8 Å². The zero-order chi connectivity index (χ0) is 16.4. The first-order chi connectivity index (χ1) is 10.9. The van der Waals surface area contributed by atoms with Gasteiger partial charge < -0.3 is 10.3 Å². The van der Waals surface area contributed by atoms with Crippen molar-refractivity contribution in [1.29, 1.82) is 0 Å². The Labute approximate surface area is 141 Å². The molecule has 0 saturated carbocycles. The Morgan fingerprint density at radius 3 is 2.87 bits per heavy atom. The third-order valence-corrected chi connectivity index (χ3v) is 6.28. The molecule has 3 rings (SSSR count). The van der Waals surface area contributed by atoms with Crippen molar-refractivity contribution in [1.82, 2.24) is 9.55 Å². The minimum atomic E-state index is -2.86. The lowest BCUT2D eigenvalue weighted by Crippen LogP contribution is -2.16. The topological polar surface area (TPSA) is 78.0 Å². The minimum Gasteiger partial charge on any atom is -0.389 e. The summed E-state index contributed by atoms with van der Waals surface area (Å²) in [7, 11) is -2.86. The van der Waals surface area contributed by atoms with E-state index in [4.69, 9.17) is 18.0 Å². The number of benzene rings is 1. The highest BCUT2D eigenvalue weighted by molar-refractivity contribution is 7.91. The average molecular weight is 349 g/mol. The lowest BCUT2D eigenvalue weighted by atomic mass is 10.0. The number of hydrogen-bond donors (Lipinski definition) is 1. The Morgan fingerprint density at radius 1 is 1.39 bits per heavy atom. The molecule has 2 N–H and O–H groups in total. The Kier molecular flexibility index (Phi) is 4.50. The van der Waals surface area contributed by atoms with Gasteiger partial charge in [-0.3, -0.25) is 0 Å². The normalized spacial score (nSPS) is 19.7. The van der Waals surface area contributed by atoms with Crippen molar-refractivity contribution in [2.24, 2.45) is 11.7 Å². The fraction of sp³-hybridized carbons (Fsp3) is 0.375. The number of thiocarbonyl (C=S) groups is 1. The predicted molar refractivity (Wildman–Crippen MR) is 94.1 cm³/mol. The number of sulfone groups is 1. The third kappa shape index (κ3) is 3.79. The third-order valence-electron chi connectivity index (χ3n) is 4.22. The van der Waals surface area contributed by atoms with Gasteiger partial charge in [-0.25, -0.2) is 13.4 Å². The van der Waals surface area contributed by atoms with Crippen molar-refractivity contribution in [3.8, 4) is 0 Å². The number of aromatic nitrogens is 2. The highest BCUT2D eigenvalue weighted by Gasteiger charge is 2.28. The van der Waals surface area contributed by atoms with Gasteiger partial charge in [0, 0.05) is 30.9 Å². The van der Waals surface area contributed by atoms with Crippen LogP contribution in [0.4, 0.5) is 0 Å². The van der Waals surface area contributed by atoms with Crippen LogP contribution in [0.3, 0.4) is 0 Å². The molecule has 1 aromatic carbocycles. The Morgan fingerprint density at radius 2 is 2.17 bits per heavy atom. The first-order valence-electron chi connectivity index (χ1n) is 7.53. The molecule has 2 aromatic rings. The summed E-state index contributed by atoms with van der Waals surface area (Å²) < 4.78 is 25.3. The van der Waals surface area contributed by atoms with Gasteiger partial charge in [0.25, 0.3) is 0 Å². The van der Waals surface area contributed by atoms with Crippen LogP contribution in [0.1, 0.15) is 23.4 Å². The van der Waals surface area contributed by atoms with Crippen LogP contribution in [0.15, 0.2) is 36.7 Å². The van der Waals surface area contributed by atoms with E-state index in [2.05, 4.69) is 4.98 Å². The SMILES string of the molecule is NC(=S)c1ccccc1Cn1ccnc1CC1CCS(=O)(=O)C1. The summed E-state index contributed by atoms with van der Waals surface area (Å²) in [6, 6.07) is 7.78. The molecular formula is C16H19N3O2S2. The molecule has 1 fully saturated rings. The standard InChI is InChI=1S/C16H19N3O2S2/c17-16(22)14-4-2-1-3-13(14)10-19-7-6-18-15(19)9-12-5-8-23(20,21)11-12/h1-4,6-7,12H,5,8-11H2,(H2,17,22). The maximum Gasteiger partial charge on any atom is 0.150 e. The Balaban J connectivity index is 1.78. The van der Waals surface area contributed by atoms with E-state index in [1.54, 1.807) is 6.20 Å². The quantitative estimate of drug-likeness (QED) is 0.829. The van der Waals surface area contributed by atoms with Gasteiger partial charge in [-0.2, -0.15) is 0 Å². The second-order valence-electron chi connectivity index (χ2n) is 5.97. The second kappa shape index (κ2) is 6.41. The fourth-order valence-corrected chi connectivity index (χ4v) is 5.11. The molecule has 1 aliphatic rings. The van der Waals surface area contributed by atoms with E-state index in [9.17, 15) is 8.42 Å². The first-order valence-corrected chi connectivity index (χ1v) is 9.76. The number of rotatable bonds is 5. The van der Waals surface area contributed by atoms with Gasteiger partial charge in [0.2, 0.25) is 0 Å². The summed E-state index contributed by atoms with van der Waals surface area (Å²) in [5.74, 6) is 1.63. The lowest BCUT2D eigenvalue weighted by molar-refractivity contribution is 0.551. The van der Waals surface area contributed by atoms with Gasteiger partial charge >= 0.3 is 0 Å². The Bertz CT molecular complexity index is 827. The number of nitrogens with two attached hydrogens (primary N) is 1. The lowest BCUT2D eigenvalue weighted by Gasteiger charge is -2.13. The highest BCUT2D eigenvalue weighted by Crippen LogP contribution is 2.22. The van der Waals surface area contributed by atoms with E-state index in [1.807, 2.05) is 35.0 Å². The van der Waals surface area contributed by atoms with Crippen LogP contribution in [0.2, 0.25) is 0 Å². The minimum absolute atomic E-state index is 0.159. The largest absolute Gasteiger partial charge is 0.389 e. The molecule has 5 nitrogen and oxygen atoms in total. The number of imidazole rings is 1. The Hall–Kier alpha value is -1.73.